The number of hydrogen-bond acceptors (Lipinski definition) is 7. The molecule has 9 nitrogen and oxygen atoms in total. The number of hydrogen-bond donors (Lipinski definition) is 1. The molecule has 36 heavy (non-hydrogen) atoms. The van der Waals surface area contributed by atoms with Gasteiger partial charge >= 0.3 is 5.97 Å². The summed E-state index contributed by atoms with van der Waals surface area (Å²) in [5.41, 5.74) is 2.11. The molecule has 10 heteroatoms. The molecule has 1 atom stereocenters. The van der Waals surface area contributed by atoms with Crippen LogP contribution in [0.15, 0.2) is 71.6 Å². The van der Waals surface area contributed by atoms with Gasteiger partial charge in [-0.25, -0.2) is 13.2 Å². The first-order valence-electron chi connectivity index (χ1n) is 11.3. The smallest absolute Gasteiger partial charge is 0.339 e. The van der Waals surface area contributed by atoms with Gasteiger partial charge in [0.1, 0.15) is 19.3 Å². The molecule has 0 aromatic heterocycles. The van der Waals surface area contributed by atoms with E-state index in [0.29, 0.717) is 24.7 Å². The number of benzene rings is 3. The second-order valence-corrected chi connectivity index (χ2v) is 10.3. The molecule has 1 amide bonds. The number of para-hydroxylation sites is 1. The molecule has 0 radical (unpaired) electrons. The molecule has 0 aliphatic carbocycles. The van der Waals surface area contributed by atoms with Gasteiger partial charge in [-0.15, -0.1) is 0 Å². The number of carbonyl (C=O) groups excluding carboxylic acids is 2. The Morgan fingerprint density at radius 3 is 2.42 bits per heavy atom. The number of methoxy groups -OCH3 is 1. The molecule has 2 aliphatic heterocycles. The number of esters is 1. The Morgan fingerprint density at radius 2 is 1.64 bits per heavy atom. The number of carbonyl (C=O) groups is 2. The molecule has 0 fully saturated rings. The van der Waals surface area contributed by atoms with Crippen molar-refractivity contribution in [3.63, 3.8) is 0 Å². The third kappa shape index (κ3) is 4.40. The first-order valence-corrected chi connectivity index (χ1v) is 12.8. The summed E-state index contributed by atoms with van der Waals surface area (Å²) in [4.78, 5) is 25.7. The van der Waals surface area contributed by atoms with Crippen molar-refractivity contribution in [2.75, 3.05) is 25.6 Å². The van der Waals surface area contributed by atoms with E-state index in [9.17, 15) is 18.0 Å². The van der Waals surface area contributed by atoms with Gasteiger partial charge in [0.25, 0.3) is 0 Å². The van der Waals surface area contributed by atoms with E-state index in [2.05, 4.69) is 5.32 Å². The van der Waals surface area contributed by atoms with Crippen molar-refractivity contribution in [3.8, 4) is 11.5 Å². The lowest BCUT2D eigenvalue weighted by atomic mass is 9.95. The standard InChI is InChI=1S/C26H24N2O7S/c1-33-26(30)20-8-4-5-9-21(20)27-25(29)22-14-17-6-2-3-7-18(17)16-28(22)36(31,32)19-10-11-23-24(15-19)35-13-12-34-23/h2-11,15,22H,12-14,16H2,1H3,(H,27,29). The van der Waals surface area contributed by atoms with Crippen molar-refractivity contribution in [2.24, 2.45) is 0 Å². The number of nitrogens with one attached hydrogen (secondary N) is 1. The van der Waals surface area contributed by atoms with Crippen LogP contribution in [0.2, 0.25) is 0 Å². The van der Waals surface area contributed by atoms with Crippen molar-refractivity contribution in [1.29, 1.82) is 0 Å². The average molecular weight is 509 g/mol. The van der Waals surface area contributed by atoms with Gasteiger partial charge in [0, 0.05) is 12.6 Å². The van der Waals surface area contributed by atoms with Crippen LogP contribution in [0, 0.1) is 0 Å². The maximum Gasteiger partial charge on any atom is 0.339 e. The Balaban J connectivity index is 1.52. The number of anilines is 1. The number of ether oxygens (including phenoxy) is 3. The summed E-state index contributed by atoms with van der Waals surface area (Å²) in [5.74, 6) is -0.353. The van der Waals surface area contributed by atoms with Crippen molar-refractivity contribution >= 4 is 27.6 Å². The monoisotopic (exact) mass is 508 g/mol. The Kier molecular flexibility index (Phi) is 6.38. The molecular formula is C26H24N2O7S. The lowest BCUT2D eigenvalue weighted by Gasteiger charge is -2.35. The summed E-state index contributed by atoms with van der Waals surface area (Å²) < 4.78 is 44.8. The van der Waals surface area contributed by atoms with Crippen LogP contribution in [0.1, 0.15) is 21.5 Å². The average Bonchev–Trinajstić information content (AvgIpc) is 2.91. The van der Waals surface area contributed by atoms with Crippen molar-refractivity contribution in [1.82, 2.24) is 4.31 Å². The van der Waals surface area contributed by atoms with Crippen LogP contribution in [-0.4, -0.2) is 51.0 Å². The summed E-state index contributed by atoms with van der Waals surface area (Å²) in [6.07, 6.45) is 0.173. The molecule has 1 N–H and O–H groups in total. The highest BCUT2D eigenvalue weighted by Crippen LogP contribution is 2.35. The van der Waals surface area contributed by atoms with E-state index in [1.807, 2.05) is 24.3 Å². The van der Waals surface area contributed by atoms with Gasteiger partial charge in [0.2, 0.25) is 15.9 Å². The Morgan fingerprint density at radius 1 is 0.944 bits per heavy atom. The molecule has 0 spiro atoms. The minimum atomic E-state index is -4.11. The van der Waals surface area contributed by atoms with Crippen molar-refractivity contribution in [3.05, 3.63) is 83.4 Å². The maximum atomic E-state index is 13.8. The minimum absolute atomic E-state index is 0.00103. The highest BCUT2D eigenvalue weighted by atomic mass is 32.2. The molecule has 0 saturated heterocycles. The minimum Gasteiger partial charge on any atom is -0.486 e. The van der Waals surface area contributed by atoms with Gasteiger partial charge in [-0.2, -0.15) is 4.31 Å². The van der Waals surface area contributed by atoms with E-state index >= 15 is 0 Å². The number of rotatable bonds is 5. The fourth-order valence-electron chi connectivity index (χ4n) is 4.39. The van der Waals surface area contributed by atoms with Crippen LogP contribution in [-0.2, 0) is 32.5 Å². The van der Waals surface area contributed by atoms with E-state index in [1.54, 1.807) is 24.3 Å². The molecule has 186 valence electrons. The van der Waals surface area contributed by atoms with Crippen LogP contribution in [0.4, 0.5) is 5.69 Å². The first-order chi connectivity index (χ1) is 17.4. The van der Waals surface area contributed by atoms with Crippen LogP contribution in [0.5, 0.6) is 11.5 Å². The van der Waals surface area contributed by atoms with Gasteiger partial charge in [-0.1, -0.05) is 36.4 Å². The summed E-state index contributed by atoms with van der Waals surface area (Å²) in [6.45, 7) is 0.721. The topological polar surface area (TPSA) is 111 Å². The molecule has 2 aliphatic rings. The Bertz CT molecular complexity index is 1440. The molecule has 1 unspecified atom stereocenters. The Hall–Kier alpha value is -3.89. The van der Waals surface area contributed by atoms with Crippen LogP contribution in [0.3, 0.4) is 0 Å². The zero-order valence-electron chi connectivity index (χ0n) is 19.5. The quantitative estimate of drug-likeness (QED) is 0.528. The summed E-state index contributed by atoms with van der Waals surface area (Å²) in [7, 11) is -2.86. The maximum absolute atomic E-state index is 13.8. The molecule has 0 bridgehead atoms. The van der Waals surface area contributed by atoms with Gasteiger partial charge in [0.15, 0.2) is 11.5 Å². The van der Waals surface area contributed by atoms with Gasteiger partial charge in [0.05, 0.1) is 23.3 Å². The zero-order chi connectivity index (χ0) is 25.3. The molecule has 3 aromatic rings. The molecule has 5 rings (SSSR count). The van der Waals surface area contributed by atoms with Crippen molar-refractivity contribution in [2.45, 2.75) is 23.9 Å². The SMILES string of the molecule is COC(=O)c1ccccc1NC(=O)C1Cc2ccccc2CN1S(=O)(=O)c1ccc2c(c1)OCCO2. The second kappa shape index (κ2) is 9.63. The molecule has 0 saturated carbocycles. The zero-order valence-corrected chi connectivity index (χ0v) is 20.3. The summed E-state index contributed by atoms with van der Waals surface area (Å²) in [6, 6.07) is 17.2. The van der Waals surface area contributed by atoms with Gasteiger partial charge < -0.3 is 19.5 Å². The summed E-state index contributed by atoms with van der Waals surface area (Å²) >= 11 is 0. The number of nitrogens with zero attached hydrogens (tertiary/aromatic N) is 1. The number of sulfonamides is 1. The van der Waals surface area contributed by atoms with Crippen LogP contribution in [0.25, 0.3) is 0 Å². The predicted octanol–water partition coefficient (Wildman–Crippen LogP) is 3.00. The van der Waals surface area contributed by atoms with Crippen LogP contribution >= 0.6 is 0 Å². The van der Waals surface area contributed by atoms with Crippen LogP contribution < -0.4 is 14.8 Å². The van der Waals surface area contributed by atoms with E-state index in [4.69, 9.17) is 14.2 Å². The van der Waals surface area contributed by atoms with E-state index in [-0.39, 0.29) is 29.1 Å². The lowest BCUT2D eigenvalue weighted by Crippen LogP contribution is -2.50. The molecular weight excluding hydrogens is 484 g/mol. The fourth-order valence-corrected chi connectivity index (χ4v) is 5.97. The number of amides is 1. The van der Waals surface area contributed by atoms with Gasteiger partial charge in [-0.3, -0.25) is 4.79 Å². The van der Waals surface area contributed by atoms with Crippen molar-refractivity contribution < 1.29 is 32.2 Å². The Labute approximate surface area is 208 Å². The summed E-state index contributed by atoms with van der Waals surface area (Å²) in [5, 5.41) is 2.74. The first kappa shape index (κ1) is 23.8. The largest absolute Gasteiger partial charge is 0.486 e. The van der Waals surface area contributed by atoms with E-state index in [1.165, 1.54) is 29.6 Å². The van der Waals surface area contributed by atoms with Gasteiger partial charge in [-0.05, 0) is 41.8 Å². The lowest BCUT2D eigenvalue weighted by molar-refractivity contribution is -0.120. The fraction of sp³-hybridized carbons (Fsp3) is 0.231. The molecule has 2 heterocycles. The molecule has 3 aromatic carbocycles. The normalized spacial score (nSPS) is 17.1. The highest BCUT2D eigenvalue weighted by Gasteiger charge is 2.40. The van der Waals surface area contributed by atoms with E-state index < -0.39 is 27.9 Å². The third-order valence-corrected chi connectivity index (χ3v) is 8.07. The second-order valence-electron chi connectivity index (χ2n) is 8.37. The van der Waals surface area contributed by atoms with E-state index in [0.717, 1.165) is 11.1 Å². The third-order valence-electron chi connectivity index (χ3n) is 6.22. The predicted molar refractivity (Wildman–Crippen MR) is 131 cm³/mol. The highest BCUT2D eigenvalue weighted by molar-refractivity contribution is 7.89. The number of fused-ring (bicyclic) bond motifs is 2.